The van der Waals surface area contributed by atoms with Gasteiger partial charge in [0, 0.05) is 4.75 Å². The fourth-order valence-corrected chi connectivity index (χ4v) is 3.43. The smallest absolute Gasteiger partial charge is 0.324 e. The van der Waals surface area contributed by atoms with Crippen LogP contribution in [0.4, 0.5) is 0 Å². The molecule has 0 aliphatic carbocycles. The molecule has 96 valence electrons. The van der Waals surface area contributed by atoms with E-state index in [1.165, 1.54) is 0 Å². The summed E-state index contributed by atoms with van der Waals surface area (Å²) in [5.74, 6) is 0. The Kier molecular flexibility index (Phi) is 5.11. The normalized spacial score (nSPS) is 19.0. The third kappa shape index (κ3) is 5.18. The third-order valence-corrected chi connectivity index (χ3v) is 4.38. The van der Waals surface area contributed by atoms with E-state index in [1.807, 2.05) is 0 Å². The molecule has 0 heterocycles. The first-order valence-corrected chi connectivity index (χ1v) is 7.81. The molecule has 0 aliphatic rings. The molecule has 2 atom stereocenters. The van der Waals surface area contributed by atoms with Gasteiger partial charge >= 0.3 is 21.1 Å². The highest BCUT2D eigenvalue weighted by molar-refractivity contribution is 7.83. The van der Waals surface area contributed by atoms with Crippen LogP contribution in [0.3, 0.4) is 0 Å². The molecule has 16 heavy (non-hydrogen) atoms. The topological polar surface area (TPSA) is 161 Å². The molecule has 0 aromatic heterocycles. The van der Waals surface area contributed by atoms with Crippen molar-refractivity contribution >= 4 is 33.7 Å². The predicted octanol–water partition coefficient (Wildman–Crippen LogP) is -1.55. The number of nitrogens with two attached hydrogens (primary N) is 1. The van der Waals surface area contributed by atoms with Gasteiger partial charge in [0.1, 0.15) is 6.04 Å². The molecule has 0 aromatic rings. The van der Waals surface area contributed by atoms with Crippen molar-refractivity contribution in [1.82, 2.24) is 0 Å². The molecule has 0 radical (unpaired) electrons. The largest absolute Gasteiger partial charge is 0.480 e. The van der Waals surface area contributed by atoms with E-state index in [2.05, 4.69) is 12.6 Å². The SMILES string of the molecule is CC(S)(CP(=O)(O)O)C(N)C(=O)[P+](O)(O)O. The van der Waals surface area contributed by atoms with Crippen LogP contribution in [-0.2, 0) is 9.36 Å². The van der Waals surface area contributed by atoms with E-state index < -0.39 is 38.0 Å². The van der Waals surface area contributed by atoms with Crippen molar-refractivity contribution in [2.45, 2.75) is 17.7 Å². The third-order valence-electron chi connectivity index (χ3n) is 1.76. The van der Waals surface area contributed by atoms with Crippen LogP contribution in [0.15, 0.2) is 0 Å². The minimum absolute atomic E-state index is 0.837. The molecule has 0 spiro atoms. The molecule has 0 amide bonds. The summed E-state index contributed by atoms with van der Waals surface area (Å²) in [4.78, 5) is 54.6. The first-order chi connectivity index (χ1) is 6.77. The number of hydrogen-bond donors (Lipinski definition) is 7. The van der Waals surface area contributed by atoms with Gasteiger partial charge in [0.15, 0.2) is 0 Å². The van der Waals surface area contributed by atoms with Gasteiger partial charge in [-0.3, -0.25) is 4.57 Å². The van der Waals surface area contributed by atoms with Crippen molar-refractivity contribution in [1.29, 1.82) is 0 Å². The predicted molar refractivity (Wildman–Crippen MR) is 60.9 cm³/mol. The molecule has 0 aromatic carbocycles. The van der Waals surface area contributed by atoms with E-state index in [4.69, 9.17) is 30.2 Å². The Morgan fingerprint density at radius 1 is 1.50 bits per heavy atom. The molecule has 0 saturated heterocycles. The highest BCUT2D eigenvalue weighted by atomic mass is 32.1. The summed E-state index contributed by atoms with van der Waals surface area (Å²) in [5, 5.41) is 0. The zero-order chi connectivity index (χ0) is 13.4. The molecule has 0 rings (SSSR count). The van der Waals surface area contributed by atoms with Crippen LogP contribution in [0.5, 0.6) is 0 Å². The van der Waals surface area contributed by atoms with Crippen molar-refractivity contribution in [3.63, 3.8) is 0 Å². The van der Waals surface area contributed by atoms with Gasteiger partial charge < -0.3 is 15.5 Å². The van der Waals surface area contributed by atoms with Crippen LogP contribution < -0.4 is 5.73 Å². The summed E-state index contributed by atoms with van der Waals surface area (Å²) in [6.07, 6.45) is -0.837. The minimum atomic E-state index is -4.79. The maximum Gasteiger partial charge on any atom is 0.480 e. The summed E-state index contributed by atoms with van der Waals surface area (Å²) >= 11 is 3.79. The second-order valence-corrected chi connectivity index (χ2v) is 7.81. The maximum atomic E-state index is 11.2. The number of hydrogen-bond acceptors (Lipinski definition) is 7. The number of carbonyl (C=O) groups excluding carboxylic acids is 1. The quantitative estimate of drug-likeness (QED) is 0.237. The van der Waals surface area contributed by atoms with Gasteiger partial charge in [0.05, 0.1) is 6.16 Å². The fourth-order valence-electron chi connectivity index (χ4n) is 0.968. The lowest BCUT2D eigenvalue weighted by Gasteiger charge is -2.28. The Morgan fingerprint density at radius 3 is 2.12 bits per heavy atom. The molecule has 7 N–H and O–H groups in total. The lowest BCUT2D eigenvalue weighted by atomic mass is 10.1. The van der Waals surface area contributed by atoms with Crippen LogP contribution in [0.25, 0.3) is 0 Å². The second-order valence-electron chi connectivity index (χ2n) is 3.56. The summed E-state index contributed by atoms with van der Waals surface area (Å²) < 4.78 is 9.05. The fraction of sp³-hybridized carbons (Fsp3) is 0.800. The molecular weight excluding hydrogens is 280 g/mol. The van der Waals surface area contributed by atoms with Gasteiger partial charge in [0.2, 0.25) is 0 Å². The van der Waals surface area contributed by atoms with Crippen molar-refractivity contribution < 1.29 is 33.8 Å². The molecule has 0 fully saturated rings. The van der Waals surface area contributed by atoms with Gasteiger partial charge in [-0.1, -0.05) is 0 Å². The summed E-state index contributed by atoms with van der Waals surface area (Å²) in [6.45, 7) is 1.15. The van der Waals surface area contributed by atoms with Crippen LogP contribution in [0.2, 0.25) is 0 Å². The van der Waals surface area contributed by atoms with Gasteiger partial charge in [-0.05, 0) is 6.92 Å². The van der Waals surface area contributed by atoms with E-state index in [9.17, 15) is 9.36 Å². The van der Waals surface area contributed by atoms with Crippen molar-refractivity contribution in [2.75, 3.05) is 6.16 Å². The molecule has 2 unspecified atom stereocenters. The monoisotopic (exact) mass is 294 g/mol. The standard InChI is InChI=1S/C5H13NO7P2S/c1-5(16,2-14(8,9)10)3(6)4(7)15(11,12)13/h3,11-13H,2,6H2,1H3,(H2-,8,9,10,16)/p+1. The van der Waals surface area contributed by atoms with Gasteiger partial charge in [-0.15, -0.1) is 0 Å². The molecule has 0 bridgehead atoms. The molecular formula is C5H14NO7P2S+. The van der Waals surface area contributed by atoms with E-state index in [0.29, 0.717) is 0 Å². The highest BCUT2D eigenvalue weighted by Gasteiger charge is 2.52. The Bertz CT molecular complexity index is 321. The summed E-state index contributed by atoms with van der Waals surface area (Å²) in [7, 11) is -9.26. The van der Waals surface area contributed by atoms with Crippen LogP contribution in [0.1, 0.15) is 6.92 Å². The van der Waals surface area contributed by atoms with E-state index in [-0.39, 0.29) is 0 Å². The average molecular weight is 294 g/mol. The van der Waals surface area contributed by atoms with Crippen molar-refractivity contribution in [3.8, 4) is 0 Å². The van der Waals surface area contributed by atoms with Crippen LogP contribution in [-0.4, -0.2) is 46.9 Å². The number of rotatable bonds is 5. The Balaban J connectivity index is 4.91. The number of thiol groups is 1. The minimum Gasteiger partial charge on any atom is -0.324 e. The van der Waals surface area contributed by atoms with Gasteiger partial charge in [0.25, 0.3) is 0 Å². The zero-order valence-electron chi connectivity index (χ0n) is 8.26. The second kappa shape index (κ2) is 4.97. The Hall–Kier alpha value is 0.440. The Morgan fingerprint density at radius 2 is 1.88 bits per heavy atom. The zero-order valence-corrected chi connectivity index (χ0v) is 10.9. The lowest BCUT2D eigenvalue weighted by molar-refractivity contribution is -0.115. The average Bonchev–Trinajstić information content (AvgIpc) is 1.95. The van der Waals surface area contributed by atoms with Crippen LogP contribution >= 0.6 is 28.2 Å². The molecule has 0 saturated carbocycles. The lowest BCUT2D eigenvalue weighted by Crippen LogP contribution is -2.50. The summed E-state index contributed by atoms with van der Waals surface area (Å²) in [5.41, 5.74) is 3.78. The first kappa shape index (κ1) is 16.4. The number of carbonyl (C=O) groups is 1. The van der Waals surface area contributed by atoms with Gasteiger partial charge in [-0.25, -0.2) is 4.79 Å². The first-order valence-electron chi connectivity index (χ1n) is 3.91. The van der Waals surface area contributed by atoms with Gasteiger partial charge in [-0.2, -0.15) is 27.3 Å². The van der Waals surface area contributed by atoms with E-state index >= 15 is 0 Å². The maximum absolute atomic E-state index is 11.2. The summed E-state index contributed by atoms with van der Waals surface area (Å²) in [6, 6.07) is -1.71. The molecule has 0 aliphatic heterocycles. The van der Waals surface area contributed by atoms with Crippen molar-refractivity contribution in [2.24, 2.45) is 5.73 Å². The highest BCUT2D eigenvalue weighted by Crippen LogP contribution is 2.50. The van der Waals surface area contributed by atoms with E-state index in [0.717, 1.165) is 6.92 Å². The van der Waals surface area contributed by atoms with Crippen LogP contribution in [0, 0.1) is 0 Å². The van der Waals surface area contributed by atoms with E-state index in [1.54, 1.807) is 0 Å². The molecule has 11 heteroatoms. The van der Waals surface area contributed by atoms with Crippen molar-refractivity contribution in [3.05, 3.63) is 0 Å². The molecule has 8 nitrogen and oxygen atoms in total. The Labute approximate surface area is 97.6 Å².